The topological polar surface area (TPSA) is 56.1 Å². The minimum Gasteiger partial charge on any atom is -0.481 e. The number of carbonyl (C=O) groups is 1. The van der Waals surface area contributed by atoms with Gasteiger partial charge >= 0.3 is 0 Å². The second-order valence-electron chi connectivity index (χ2n) is 5.42. The van der Waals surface area contributed by atoms with E-state index in [4.69, 9.17) is 4.74 Å². The first-order chi connectivity index (χ1) is 11.7. The van der Waals surface area contributed by atoms with Gasteiger partial charge in [-0.1, -0.05) is 48.5 Å². The van der Waals surface area contributed by atoms with Gasteiger partial charge in [-0.25, -0.2) is 4.68 Å². The van der Waals surface area contributed by atoms with Gasteiger partial charge in [0.25, 0.3) is 5.91 Å². The number of anilines is 1. The largest absolute Gasteiger partial charge is 0.481 e. The van der Waals surface area contributed by atoms with Crippen molar-refractivity contribution in [2.75, 3.05) is 5.32 Å². The van der Waals surface area contributed by atoms with E-state index in [1.807, 2.05) is 60.7 Å². The zero-order valence-electron chi connectivity index (χ0n) is 13.4. The molecule has 1 heterocycles. The molecule has 5 heteroatoms. The van der Waals surface area contributed by atoms with E-state index >= 15 is 0 Å². The maximum absolute atomic E-state index is 12.3. The Labute approximate surface area is 140 Å². The molecule has 0 saturated heterocycles. The summed E-state index contributed by atoms with van der Waals surface area (Å²) < 4.78 is 7.39. The molecule has 24 heavy (non-hydrogen) atoms. The second-order valence-corrected chi connectivity index (χ2v) is 5.42. The Bertz CT molecular complexity index is 785. The molecule has 0 spiro atoms. The number of nitrogens with zero attached hydrogens (tertiary/aromatic N) is 2. The fourth-order valence-corrected chi connectivity index (χ4v) is 2.31. The van der Waals surface area contributed by atoms with Gasteiger partial charge in [0, 0.05) is 6.07 Å². The van der Waals surface area contributed by atoms with Crippen molar-refractivity contribution < 1.29 is 9.53 Å². The number of ether oxygens (including phenoxy) is 1. The lowest BCUT2D eigenvalue weighted by atomic mass is 10.2. The van der Waals surface area contributed by atoms with Gasteiger partial charge in [0.05, 0.1) is 12.7 Å². The molecule has 1 atom stereocenters. The molecule has 1 N–H and O–H groups in total. The standard InChI is InChI=1S/C19H19N3O2/c1-15(24-17-10-6-3-7-11-17)19(23)21-18-12-13-20-22(18)14-16-8-4-2-5-9-16/h2-13,15H,14H2,1H3,(H,21,23)/t15-/m1/s1. The number of amides is 1. The molecule has 0 aliphatic rings. The molecule has 1 aromatic heterocycles. The molecule has 0 aliphatic carbocycles. The van der Waals surface area contributed by atoms with E-state index in [0.29, 0.717) is 18.1 Å². The van der Waals surface area contributed by atoms with E-state index in [-0.39, 0.29) is 5.91 Å². The van der Waals surface area contributed by atoms with E-state index in [1.54, 1.807) is 23.9 Å². The molecule has 2 aromatic carbocycles. The van der Waals surface area contributed by atoms with Crippen LogP contribution in [0.3, 0.4) is 0 Å². The van der Waals surface area contributed by atoms with Crippen LogP contribution >= 0.6 is 0 Å². The summed E-state index contributed by atoms with van der Waals surface area (Å²) in [5, 5.41) is 7.14. The summed E-state index contributed by atoms with van der Waals surface area (Å²) in [5.41, 5.74) is 1.12. The Hall–Kier alpha value is -3.08. The molecule has 0 aliphatic heterocycles. The third-order valence-corrected chi connectivity index (χ3v) is 3.57. The first-order valence-corrected chi connectivity index (χ1v) is 7.80. The molecule has 3 rings (SSSR count). The maximum Gasteiger partial charge on any atom is 0.266 e. The molecule has 0 fully saturated rings. The zero-order chi connectivity index (χ0) is 16.8. The van der Waals surface area contributed by atoms with Gasteiger partial charge in [-0.2, -0.15) is 5.10 Å². The molecule has 0 saturated carbocycles. The normalized spacial score (nSPS) is 11.7. The number of carbonyl (C=O) groups excluding carboxylic acids is 1. The summed E-state index contributed by atoms with van der Waals surface area (Å²) in [6.07, 6.45) is 1.06. The second kappa shape index (κ2) is 7.46. The summed E-state index contributed by atoms with van der Waals surface area (Å²) in [6, 6.07) is 21.0. The predicted octanol–water partition coefficient (Wildman–Crippen LogP) is 3.34. The van der Waals surface area contributed by atoms with Crippen LogP contribution in [0.15, 0.2) is 72.9 Å². The predicted molar refractivity (Wildman–Crippen MR) is 92.9 cm³/mol. The maximum atomic E-state index is 12.3. The molecule has 5 nitrogen and oxygen atoms in total. The van der Waals surface area contributed by atoms with Crippen LogP contribution in [-0.4, -0.2) is 21.8 Å². The minimum atomic E-state index is -0.604. The quantitative estimate of drug-likeness (QED) is 0.757. The molecule has 0 bridgehead atoms. The molecule has 3 aromatic rings. The summed E-state index contributed by atoms with van der Waals surface area (Å²) in [6.45, 7) is 2.32. The number of benzene rings is 2. The summed E-state index contributed by atoms with van der Waals surface area (Å²) in [5.74, 6) is 1.10. The van der Waals surface area contributed by atoms with Crippen molar-refractivity contribution in [1.29, 1.82) is 0 Å². The minimum absolute atomic E-state index is 0.214. The van der Waals surface area contributed by atoms with Gasteiger partial charge < -0.3 is 10.1 Å². The van der Waals surface area contributed by atoms with Gasteiger partial charge in [0.1, 0.15) is 11.6 Å². The van der Waals surface area contributed by atoms with Gasteiger partial charge in [-0.15, -0.1) is 0 Å². The lowest BCUT2D eigenvalue weighted by Crippen LogP contribution is -2.31. The first-order valence-electron chi connectivity index (χ1n) is 7.80. The molecular formula is C19H19N3O2. The van der Waals surface area contributed by atoms with Crippen LogP contribution in [0, 0.1) is 0 Å². The van der Waals surface area contributed by atoms with Gasteiger partial charge in [0.15, 0.2) is 6.10 Å². The van der Waals surface area contributed by atoms with Gasteiger partial charge in [-0.3, -0.25) is 4.79 Å². The first kappa shape index (κ1) is 15.8. The van der Waals surface area contributed by atoms with Crippen molar-refractivity contribution in [2.45, 2.75) is 19.6 Å². The summed E-state index contributed by atoms with van der Waals surface area (Å²) >= 11 is 0. The summed E-state index contributed by atoms with van der Waals surface area (Å²) in [4.78, 5) is 12.3. The van der Waals surface area contributed by atoms with Crippen LogP contribution in [0.25, 0.3) is 0 Å². The van der Waals surface area contributed by atoms with E-state index in [2.05, 4.69) is 10.4 Å². The molecule has 0 unspecified atom stereocenters. The number of para-hydroxylation sites is 1. The van der Waals surface area contributed by atoms with Crippen LogP contribution in [0.1, 0.15) is 12.5 Å². The summed E-state index contributed by atoms with van der Waals surface area (Å²) in [7, 11) is 0. The van der Waals surface area contributed by atoms with Gasteiger partial charge in [-0.05, 0) is 24.6 Å². The number of aromatic nitrogens is 2. The monoisotopic (exact) mass is 321 g/mol. The Kier molecular flexibility index (Phi) is 4.91. The lowest BCUT2D eigenvalue weighted by molar-refractivity contribution is -0.122. The zero-order valence-corrected chi connectivity index (χ0v) is 13.4. The van der Waals surface area contributed by atoms with Crippen molar-refractivity contribution in [3.8, 4) is 5.75 Å². The average Bonchev–Trinajstić information content (AvgIpc) is 3.03. The third kappa shape index (κ3) is 4.01. The number of hydrogen-bond donors (Lipinski definition) is 1. The smallest absolute Gasteiger partial charge is 0.266 e. The van der Waals surface area contributed by atoms with Crippen LogP contribution in [0.4, 0.5) is 5.82 Å². The fraction of sp³-hybridized carbons (Fsp3) is 0.158. The van der Waals surface area contributed by atoms with Crippen LogP contribution in [-0.2, 0) is 11.3 Å². The Morgan fingerprint density at radius 2 is 1.75 bits per heavy atom. The fourth-order valence-electron chi connectivity index (χ4n) is 2.31. The Balaban J connectivity index is 1.63. The van der Waals surface area contributed by atoms with Crippen LogP contribution in [0.2, 0.25) is 0 Å². The highest BCUT2D eigenvalue weighted by molar-refractivity contribution is 5.93. The highest BCUT2D eigenvalue weighted by Gasteiger charge is 2.16. The van der Waals surface area contributed by atoms with E-state index in [0.717, 1.165) is 5.56 Å². The molecule has 1 amide bonds. The van der Waals surface area contributed by atoms with Crippen LogP contribution in [0.5, 0.6) is 5.75 Å². The van der Waals surface area contributed by atoms with Crippen molar-refractivity contribution >= 4 is 11.7 Å². The number of hydrogen-bond acceptors (Lipinski definition) is 3. The molecule has 122 valence electrons. The lowest BCUT2D eigenvalue weighted by Gasteiger charge is -2.15. The van der Waals surface area contributed by atoms with E-state index in [1.165, 1.54) is 0 Å². The van der Waals surface area contributed by atoms with E-state index < -0.39 is 6.10 Å². The van der Waals surface area contributed by atoms with Crippen molar-refractivity contribution in [2.24, 2.45) is 0 Å². The van der Waals surface area contributed by atoms with Crippen molar-refractivity contribution in [3.63, 3.8) is 0 Å². The van der Waals surface area contributed by atoms with Gasteiger partial charge in [0.2, 0.25) is 0 Å². The third-order valence-electron chi connectivity index (χ3n) is 3.57. The number of nitrogens with one attached hydrogen (secondary N) is 1. The van der Waals surface area contributed by atoms with Crippen molar-refractivity contribution in [1.82, 2.24) is 9.78 Å². The molecular weight excluding hydrogens is 302 g/mol. The Morgan fingerprint density at radius 1 is 1.08 bits per heavy atom. The molecule has 0 radical (unpaired) electrons. The average molecular weight is 321 g/mol. The van der Waals surface area contributed by atoms with Crippen molar-refractivity contribution in [3.05, 3.63) is 78.5 Å². The van der Waals surface area contributed by atoms with E-state index in [9.17, 15) is 4.79 Å². The Morgan fingerprint density at radius 3 is 2.46 bits per heavy atom. The number of rotatable bonds is 6. The highest BCUT2D eigenvalue weighted by Crippen LogP contribution is 2.14. The van der Waals surface area contributed by atoms with Crippen LogP contribution < -0.4 is 10.1 Å². The highest BCUT2D eigenvalue weighted by atomic mass is 16.5. The SMILES string of the molecule is C[C@@H](Oc1ccccc1)C(=O)Nc1ccnn1Cc1ccccc1.